The number of nitrogens with zero attached hydrogens (tertiary/aromatic N) is 2. The van der Waals surface area contributed by atoms with Gasteiger partial charge in [-0.1, -0.05) is 6.07 Å². The summed E-state index contributed by atoms with van der Waals surface area (Å²) < 4.78 is 45.6. The van der Waals surface area contributed by atoms with Crippen molar-refractivity contribution in [2.45, 2.75) is 9.79 Å². The number of fused-ring (bicyclic) bond motifs is 1. The zero-order chi connectivity index (χ0) is 20.6. The first-order valence-electron chi connectivity index (χ1n) is 8.98. The maximum Gasteiger partial charge on any atom is 0.267 e. The highest BCUT2D eigenvalue weighted by Crippen LogP contribution is 2.41. The number of carbonyl (C=O) groups excluding carboxylic acids is 1. The number of hydrogen-bond donors (Lipinski definition) is 0. The van der Waals surface area contributed by atoms with Gasteiger partial charge in [0.15, 0.2) is 4.91 Å². The molecule has 2 heterocycles. The predicted octanol–water partition coefficient (Wildman–Crippen LogP) is 3.17. The number of thioether (sulfide) groups is 1. The molecule has 2 aliphatic rings. The largest absolute Gasteiger partial charge is 0.378 e. The average molecular weight is 435 g/mol. The van der Waals surface area contributed by atoms with Crippen LogP contribution in [0.5, 0.6) is 0 Å². The van der Waals surface area contributed by atoms with E-state index in [4.69, 9.17) is 4.74 Å². The fourth-order valence-corrected chi connectivity index (χ4v) is 5.32. The fraction of sp³-hybridized carbons (Fsp3) is 0.250. The van der Waals surface area contributed by atoms with Crippen molar-refractivity contribution >= 4 is 38.9 Å². The van der Waals surface area contributed by atoms with Gasteiger partial charge < -0.3 is 14.5 Å². The molecule has 2 aliphatic heterocycles. The molecule has 6 nitrogen and oxygen atoms in total. The highest BCUT2D eigenvalue weighted by atomic mass is 32.2. The molecular formula is C20H19FN2O4S2. The van der Waals surface area contributed by atoms with E-state index in [9.17, 15) is 17.6 Å². The lowest BCUT2D eigenvalue weighted by Gasteiger charge is -2.32. The minimum Gasteiger partial charge on any atom is -0.378 e. The van der Waals surface area contributed by atoms with Crippen LogP contribution in [0, 0.1) is 5.82 Å². The Hall–Kier alpha value is -2.36. The highest BCUT2D eigenvalue weighted by molar-refractivity contribution is 7.98. The first-order chi connectivity index (χ1) is 13.9. The first kappa shape index (κ1) is 19.9. The minimum atomic E-state index is -4.09. The zero-order valence-corrected chi connectivity index (χ0v) is 17.3. The maximum atomic E-state index is 14.0. The molecule has 1 saturated heterocycles. The van der Waals surface area contributed by atoms with Crippen molar-refractivity contribution < 1.29 is 22.3 Å². The van der Waals surface area contributed by atoms with Crippen LogP contribution in [0.1, 0.15) is 0 Å². The van der Waals surface area contributed by atoms with Gasteiger partial charge in [0.2, 0.25) is 9.84 Å². The number of rotatable bonds is 3. The molecular weight excluding hydrogens is 415 g/mol. The topological polar surface area (TPSA) is 66.9 Å². The van der Waals surface area contributed by atoms with E-state index < -0.39 is 21.6 Å². The van der Waals surface area contributed by atoms with Gasteiger partial charge in [-0.25, -0.2) is 12.8 Å². The molecule has 0 unspecified atom stereocenters. The summed E-state index contributed by atoms with van der Waals surface area (Å²) in [5.41, 5.74) is 0.827. The Morgan fingerprint density at radius 3 is 2.62 bits per heavy atom. The summed E-state index contributed by atoms with van der Waals surface area (Å²) in [4.78, 5) is 16.6. The Morgan fingerprint density at radius 1 is 1.14 bits per heavy atom. The van der Waals surface area contributed by atoms with E-state index >= 15 is 0 Å². The number of carbonyl (C=O) groups is 1. The number of anilines is 2. The normalized spacial score (nSPS) is 18.2. The van der Waals surface area contributed by atoms with Gasteiger partial charge in [-0.15, -0.1) is 11.8 Å². The fourth-order valence-electron chi connectivity index (χ4n) is 3.35. The summed E-state index contributed by atoms with van der Waals surface area (Å²) in [6.45, 7) is 1.37. The van der Waals surface area contributed by atoms with Crippen molar-refractivity contribution in [2.24, 2.45) is 0 Å². The van der Waals surface area contributed by atoms with Gasteiger partial charge in [-0.05, 0) is 42.7 Å². The Kier molecular flexibility index (Phi) is 5.37. The van der Waals surface area contributed by atoms with Crippen molar-refractivity contribution in [1.29, 1.82) is 0 Å². The molecule has 0 aromatic heterocycles. The second-order valence-electron chi connectivity index (χ2n) is 6.58. The summed E-state index contributed by atoms with van der Waals surface area (Å²) >= 11 is 1.53. The van der Waals surface area contributed by atoms with E-state index in [1.54, 1.807) is 11.0 Å². The molecule has 9 heteroatoms. The monoisotopic (exact) mass is 434 g/mol. The number of sulfone groups is 1. The van der Waals surface area contributed by atoms with E-state index in [0.29, 0.717) is 32.0 Å². The molecule has 2 aromatic rings. The van der Waals surface area contributed by atoms with Crippen LogP contribution >= 0.6 is 11.8 Å². The van der Waals surface area contributed by atoms with Crippen LogP contribution in [-0.2, 0) is 19.4 Å². The molecule has 2 aromatic carbocycles. The quantitative estimate of drug-likeness (QED) is 0.546. The van der Waals surface area contributed by atoms with Crippen molar-refractivity contribution in [1.82, 2.24) is 4.90 Å². The molecule has 1 amide bonds. The van der Waals surface area contributed by atoms with E-state index in [-0.39, 0.29) is 15.5 Å². The van der Waals surface area contributed by atoms with E-state index in [2.05, 4.69) is 0 Å². The molecule has 0 saturated carbocycles. The minimum absolute atomic E-state index is 0.0902. The number of halogens is 1. The van der Waals surface area contributed by atoms with Crippen LogP contribution in [0.3, 0.4) is 0 Å². The maximum absolute atomic E-state index is 14.0. The number of hydrogen-bond acceptors (Lipinski definition) is 6. The van der Waals surface area contributed by atoms with Crippen molar-refractivity contribution in [3.8, 4) is 0 Å². The van der Waals surface area contributed by atoms with Crippen LogP contribution in [0.2, 0.25) is 0 Å². The van der Waals surface area contributed by atoms with Crippen LogP contribution in [0.4, 0.5) is 15.8 Å². The molecule has 0 N–H and O–H groups in total. The van der Waals surface area contributed by atoms with Gasteiger partial charge in [0, 0.05) is 29.9 Å². The Labute approximate surface area is 172 Å². The number of ether oxygens (including phenoxy) is 1. The van der Waals surface area contributed by atoms with Crippen LogP contribution in [0.15, 0.2) is 63.4 Å². The summed E-state index contributed by atoms with van der Waals surface area (Å²) in [6.07, 6.45) is 3.23. The third kappa shape index (κ3) is 3.65. The molecule has 1 fully saturated rings. The van der Waals surface area contributed by atoms with Gasteiger partial charge in [0.25, 0.3) is 5.91 Å². The molecule has 4 rings (SSSR count). The highest BCUT2D eigenvalue weighted by Gasteiger charge is 2.38. The SMILES string of the molecule is CSc1cccc(N2C=C(C(=O)N3CCOCC3)S(=O)(=O)c3ccc(F)cc32)c1. The van der Waals surface area contributed by atoms with Gasteiger partial charge in [0.05, 0.1) is 23.8 Å². The lowest BCUT2D eigenvalue weighted by atomic mass is 10.2. The third-order valence-corrected chi connectivity index (χ3v) is 7.36. The summed E-state index contributed by atoms with van der Waals surface area (Å²) in [5, 5.41) is 0. The first-order valence-corrected chi connectivity index (χ1v) is 11.7. The van der Waals surface area contributed by atoms with Crippen LogP contribution in [-0.4, -0.2) is 51.8 Å². The van der Waals surface area contributed by atoms with Crippen molar-refractivity contribution in [3.63, 3.8) is 0 Å². The average Bonchev–Trinajstić information content (AvgIpc) is 2.74. The lowest BCUT2D eigenvalue weighted by molar-refractivity contribution is -0.130. The standard InChI is InChI=1S/C20H19FN2O4S2/c1-28-16-4-2-3-15(12-16)23-13-19(20(24)22-7-9-27-10-8-22)29(25,26)18-6-5-14(21)11-17(18)23/h2-6,11-13H,7-10H2,1H3. The number of benzene rings is 2. The van der Waals surface area contributed by atoms with Crippen molar-refractivity contribution in [2.75, 3.05) is 37.5 Å². The molecule has 0 atom stereocenters. The molecule has 0 spiro atoms. The molecule has 0 radical (unpaired) electrons. The van der Waals surface area contributed by atoms with E-state index in [0.717, 1.165) is 11.0 Å². The van der Waals surface area contributed by atoms with Crippen LogP contribution in [0.25, 0.3) is 0 Å². The van der Waals surface area contributed by atoms with Crippen LogP contribution < -0.4 is 4.90 Å². The molecule has 0 bridgehead atoms. The van der Waals surface area contributed by atoms with Crippen molar-refractivity contribution in [3.05, 3.63) is 59.4 Å². The second-order valence-corrected chi connectivity index (χ2v) is 9.35. The third-order valence-electron chi connectivity index (χ3n) is 4.85. The Balaban J connectivity index is 1.87. The summed E-state index contributed by atoms with van der Waals surface area (Å²) in [7, 11) is -4.09. The number of morpholine rings is 1. The van der Waals surface area contributed by atoms with E-state index in [1.165, 1.54) is 35.0 Å². The lowest BCUT2D eigenvalue weighted by Crippen LogP contribution is -2.43. The second kappa shape index (κ2) is 7.81. The van der Waals surface area contributed by atoms with Gasteiger partial charge >= 0.3 is 0 Å². The van der Waals surface area contributed by atoms with Gasteiger partial charge in [-0.2, -0.15) is 0 Å². The van der Waals surface area contributed by atoms with E-state index in [1.807, 2.05) is 24.5 Å². The van der Waals surface area contributed by atoms with Gasteiger partial charge in [-0.3, -0.25) is 4.79 Å². The molecule has 0 aliphatic carbocycles. The smallest absolute Gasteiger partial charge is 0.267 e. The molecule has 152 valence electrons. The van der Waals surface area contributed by atoms with Gasteiger partial charge in [0.1, 0.15) is 5.82 Å². The summed E-state index contributed by atoms with van der Waals surface area (Å²) in [5.74, 6) is -1.13. The Morgan fingerprint density at radius 2 is 1.90 bits per heavy atom. The summed E-state index contributed by atoms with van der Waals surface area (Å²) in [6, 6.07) is 10.9. The number of amides is 1. The molecule has 29 heavy (non-hydrogen) atoms. The zero-order valence-electron chi connectivity index (χ0n) is 15.7. The predicted molar refractivity (Wildman–Crippen MR) is 109 cm³/mol. The Bertz CT molecular complexity index is 1100.